The predicted molar refractivity (Wildman–Crippen MR) is 126 cm³/mol. The van der Waals surface area contributed by atoms with Crippen molar-refractivity contribution in [2.45, 2.75) is 69.1 Å². The summed E-state index contributed by atoms with van der Waals surface area (Å²) in [4.78, 5) is 29.8. The third-order valence-electron chi connectivity index (χ3n) is 3.33. The van der Waals surface area contributed by atoms with Crippen LogP contribution in [0.3, 0.4) is 0 Å². The van der Waals surface area contributed by atoms with Gasteiger partial charge in [-0.15, -0.1) is 0 Å². The van der Waals surface area contributed by atoms with Crippen LogP contribution in [0.15, 0.2) is 0 Å². The van der Waals surface area contributed by atoms with Crippen molar-refractivity contribution in [1.29, 1.82) is 0 Å². The Morgan fingerprint density at radius 1 is 0.600 bits per heavy atom. The Morgan fingerprint density at radius 2 is 0.733 bits per heavy atom. The van der Waals surface area contributed by atoms with Gasteiger partial charge in [0, 0.05) is 5.41 Å². The Labute approximate surface area is 195 Å². The van der Waals surface area contributed by atoms with E-state index in [0.29, 0.717) is 6.42 Å². The Bertz CT molecular complexity index is 426. The number of hydrogen-bond acceptors (Lipinski definition) is 9. The van der Waals surface area contributed by atoms with E-state index in [1.165, 1.54) is 41.5 Å². The van der Waals surface area contributed by atoms with Crippen LogP contribution in [0.5, 0.6) is 0 Å². The van der Waals surface area contributed by atoms with Crippen molar-refractivity contribution in [1.82, 2.24) is 0 Å². The maximum Gasteiger partial charge on any atom is 0.318 e. The van der Waals surface area contributed by atoms with Crippen molar-refractivity contribution in [3.05, 3.63) is 0 Å². The van der Waals surface area contributed by atoms with E-state index in [-0.39, 0.29) is 19.8 Å². The summed E-state index contributed by atoms with van der Waals surface area (Å²) in [5.41, 5.74) is -0.667. The minimum atomic E-state index is -0.893. The van der Waals surface area contributed by atoms with Gasteiger partial charge in [-0.3, -0.25) is 14.4 Å². The first-order valence-electron chi connectivity index (χ1n) is 8.77. The monoisotopic (exact) mass is 494 g/mol. The van der Waals surface area contributed by atoms with Crippen LogP contribution < -0.4 is 0 Å². The molecule has 0 aliphatic rings. The van der Waals surface area contributed by atoms with Crippen LogP contribution in [0.2, 0.25) is 0 Å². The fourth-order valence-corrected chi connectivity index (χ4v) is 0.485. The van der Waals surface area contributed by atoms with E-state index in [1.807, 2.05) is 6.92 Å². The molecule has 0 heterocycles. The number of carboxylic acid groups (broad SMARTS) is 3. The van der Waals surface area contributed by atoms with Crippen molar-refractivity contribution in [2.75, 3.05) is 19.8 Å². The van der Waals surface area contributed by atoms with Crippen molar-refractivity contribution >= 4 is 55.8 Å². The van der Waals surface area contributed by atoms with Crippen molar-refractivity contribution < 1.29 is 45.0 Å². The van der Waals surface area contributed by atoms with Gasteiger partial charge in [0.1, 0.15) is 14.2 Å². The van der Waals surface area contributed by atoms with Crippen molar-refractivity contribution in [3.8, 4) is 0 Å². The summed E-state index contributed by atoms with van der Waals surface area (Å²) in [6.45, 7) is 10.5. The van der Waals surface area contributed by atoms with Gasteiger partial charge >= 0.3 is 17.9 Å². The zero-order chi connectivity index (χ0) is 25.6. The number of carbonyl (C=O) groups is 3. The fraction of sp³-hybridized carbons (Fsp3) is 0.833. The second-order valence-corrected chi connectivity index (χ2v) is 11.3. The van der Waals surface area contributed by atoms with Crippen LogP contribution in [0.1, 0.15) is 54.9 Å². The molecule has 0 rings (SSSR count). The highest BCUT2D eigenvalue weighted by Gasteiger charge is 2.25. The number of aliphatic hydroxyl groups excluding tert-OH is 3. The minimum absolute atomic E-state index is 0.156. The van der Waals surface area contributed by atoms with Gasteiger partial charge in [0.25, 0.3) is 0 Å². The highest BCUT2D eigenvalue weighted by Crippen LogP contribution is 2.18. The molecule has 182 valence electrons. The lowest BCUT2D eigenvalue weighted by atomic mass is 9.88. The highest BCUT2D eigenvalue weighted by molar-refractivity contribution is 7.83. The quantitative estimate of drug-likeness (QED) is 0.239. The molecule has 0 amide bonds. The number of rotatable bonds is 7. The largest absolute Gasteiger partial charge is 0.480 e. The van der Waals surface area contributed by atoms with Crippen LogP contribution in [0.4, 0.5) is 0 Å². The van der Waals surface area contributed by atoms with Crippen molar-refractivity contribution in [2.24, 2.45) is 5.41 Å². The number of carboxylic acids is 3. The van der Waals surface area contributed by atoms with E-state index in [4.69, 9.17) is 30.6 Å². The Morgan fingerprint density at radius 3 is 0.733 bits per heavy atom. The van der Waals surface area contributed by atoms with Gasteiger partial charge in [0.2, 0.25) is 0 Å². The number of aliphatic carboxylic acids is 3. The van der Waals surface area contributed by atoms with Gasteiger partial charge in [-0.25, -0.2) is 0 Å². The number of aliphatic hydroxyl groups is 3. The van der Waals surface area contributed by atoms with Crippen LogP contribution in [-0.2, 0) is 14.4 Å². The second-order valence-electron chi connectivity index (χ2n) is 7.92. The molecule has 0 spiro atoms. The van der Waals surface area contributed by atoms with Gasteiger partial charge in [-0.05, 0) is 48.0 Å². The second kappa shape index (κ2) is 16.0. The molecule has 9 nitrogen and oxygen atoms in total. The first-order chi connectivity index (χ1) is 13.1. The molecule has 0 radical (unpaired) electrons. The Hall–Kier alpha value is -0.660. The third kappa shape index (κ3) is 22.0. The fourth-order valence-electron chi connectivity index (χ4n) is 0.485. The topological polar surface area (TPSA) is 173 Å². The first-order valence-corrected chi connectivity index (χ1v) is 10.1. The molecule has 0 saturated carbocycles. The van der Waals surface area contributed by atoms with Crippen LogP contribution >= 0.6 is 37.9 Å². The predicted octanol–water partition coefficient (Wildman–Crippen LogP) is 1.70. The molecule has 0 unspecified atom stereocenters. The molecule has 12 heteroatoms. The van der Waals surface area contributed by atoms with Gasteiger partial charge in [0.05, 0.1) is 19.8 Å². The third-order valence-corrected chi connectivity index (χ3v) is 3.90. The molecule has 0 atom stereocenters. The standard InChI is InChI=1S/C6H14O3.3C4H8O2S/c1-2-6(3-7,4-8)5-9;3*1-4(2,7)3(5)6/h7-9H,2-5H2,1H3;3*7H,1-2H3,(H,5,6). The Kier molecular flexibility index (Phi) is 19.6. The summed E-state index contributed by atoms with van der Waals surface area (Å²) < 4.78 is -2.67. The summed E-state index contributed by atoms with van der Waals surface area (Å²) in [5.74, 6) is -2.68. The first kappa shape index (κ1) is 36.7. The zero-order valence-corrected chi connectivity index (χ0v) is 21.3. The maximum atomic E-state index is 9.94. The summed E-state index contributed by atoms with van der Waals surface area (Å²) in [6.07, 6.45) is 0.594. The molecule has 0 aromatic rings. The lowest BCUT2D eigenvalue weighted by Gasteiger charge is -2.24. The molecule has 0 aliphatic carbocycles. The molecule has 0 aromatic heterocycles. The van der Waals surface area contributed by atoms with Gasteiger partial charge < -0.3 is 30.6 Å². The van der Waals surface area contributed by atoms with Crippen molar-refractivity contribution in [3.63, 3.8) is 0 Å². The molecule has 0 bridgehead atoms. The summed E-state index contributed by atoms with van der Waals surface area (Å²) in [6, 6.07) is 0. The lowest BCUT2D eigenvalue weighted by Crippen LogP contribution is -2.32. The summed E-state index contributed by atoms with van der Waals surface area (Å²) in [5, 5.41) is 50.5. The summed E-state index contributed by atoms with van der Waals surface area (Å²) >= 11 is 11.2. The van der Waals surface area contributed by atoms with Gasteiger partial charge in [0.15, 0.2) is 0 Å². The van der Waals surface area contributed by atoms with Crippen LogP contribution in [-0.4, -0.2) is 82.6 Å². The van der Waals surface area contributed by atoms with Crippen LogP contribution in [0.25, 0.3) is 0 Å². The van der Waals surface area contributed by atoms with Gasteiger partial charge in [-0.2, -0.15) is 37.9 Å². The SMILES string of the molecule is CC(C)(S)C(=O)O.CC(C)(S)C(=O)O.CC(C)(S)C(=O)O.CCC(CO)(CO)CO. The molecular formula is C18H38O9S3. The van der Waals surface area contributed by atoms with E-state index in [9.17, 15) is 14.4 Å². The summed E-state index contributed by atoms with van der Waals surface area (Å²) in [7, 11) is 0. The van der Waals surface area contributed by atoms with E-state index < -0.39 is 37.6 Å². The normalized spacial score (nSPS) is 11.5. The highest BCUT2D eigenvalue weighted by atomic mass is 32.1. The average Bonchev–Trinajstić information content (AvgIpc) is 2.56. The number of hydrogen-bond donors (Lipinski definition) is 9. The maximum absolute atomic E-state index is 9.94. The number of thiol groups is 3. The average molecular weight is 495 g/mol. The van der Waals surface area contributed by atoms with E-state index in [0.717, 1.165) is 0 Å². The molecule has 0 aromatic carbocycles. The van der Waals surface area contributed by atoms with E-state index >= 15 is 0 Å². The molecule has 30 heavy (non-hydrogen) atoms. The molecule has 6 N–H and O–H groups in total. The molecule has 0 aliphatic heterocycles. The zero-order valence-electron chi connectivity index (χ0n) is 18.6. The lowest BCUT2D eigenvalue weighted by molar-refractivity contribution is -0.139. The van der Waals surface area contributed by atoms with Crippen LogP contribution in [0, 0.1) is 5.41 Å². The molecule has 0 fully saturated rings. The smallest absolute Gasteiger partial charge is 0.318 e. The van der Waals surface area contributed by atoms with E-state index in [1.54, 1.807) is 0 Å². The van der Waals surface area contributed by atoms with Gasteiger partial charge in [-0.1, -0.05) is 6.92 Å². The molecule has 0 saturated heterocycles. The Balaban J connectivity index is -0.000000151. The van der Waals surface area contributed by atoms with E-state index in [2.05, 4.69) is 37.9 Å². The minimum Gasteiger partial charge on any atom is -0.480 e. The molecular weight excluding hydrogens is 456 g/mol.